The average molecular weight is 357 g/mol. The highest BCUT2D eigenvalue weighted by Gasteiger charge is 2.29. The fraction of sp³-hybridized carbons (Fsp3) is 0.333. The highest BCUT2D eigenvalue weighted by Crippen LogP contribution is 2.33. The summed E-state index contributed by atoms with van der Waals surface area (Å²) in [7, 11) is -3.01. The Morgan fingerprint density at radius 1 is 1.24 bits per heavy atom. The van der Waals surface area contributed by atoms with Gasteiger partial charge in [-0.05, 0) is 36.6 Å². The van der Waals surface area contributed by atoms with Gasteiger partial charge < -0.3 is 10.2 Å². The second-order valence-electron chi connectivity index (χ2n) is 6.51. The van der Waals surface area contributed by atoms with Crippen LogP contribution in [0.3, 0.4) is 0 Å². The molecule has 1 amide bonds. The Morgan fingerprint density at radius 3 is 2.88 bits per heavy atom. The van der Waals surface area contributed by atoms with Crippen molar-refractivity contribution in [3.8, 4) is 0 Å². The number of pyridine rings is 1. The van der Waals surface area contributed by atoms with Gasteiger partial charge in [-0.15, -0.1) is 0 Å². The molecule has 1 atom stereocenters. The van der Waals surface area contributed by atoms with E-state index in [1.807, 2.05) is 12.1 Å². The van der Waals surface area contributed by atoms with Crippen molar-refractivity contribution in [2.24, 2.45) is 0 Å². The summed E-state index contributed by atoms with van der Waals surface area (Å²) in [6.45, 7) is 0.832. The maximum atomic E-state index is 12.5. The predicted molar refractivity (Wildman–Crippen MR) is 95.9 cm³/mol. The molecular formula is C18H19N3O3S. The van der Waals surface area contributed by atoms with Crippen LogP contribution in [0, 0.1) is 0 Å². The predicted octanol–water partition coefficient (Wildman–Crippen LogP) is 1.69. The third-order valence-corrected chi connectivity index (χ3v) is 6.51. The van der Waals surface area contributed by atoms with Crippen molar-refractivity contribution in [1.29, 1.82) is 0 Å². The van der Waals surface area contributed by atoms with Gasteiger partial charge in [-0.3, -0.25) is 4.79 Å². The number of anilines is 2. The van der Waals surface area contributed by atoms with Crippen LogP contribution in [-0.2, 0) is 16.3 Å². The maximum Gasteiger partial charge on any atom is 0.251 e. The molecule has 2 aromatic rings. The molecular weight excluding hydrogens is 338 g/mol. The molecule has 1 aromatic heterocycles. The van der Waals surface area contributed by atoms with E-state index in [1.165, 1.54) is 5.56 Å². The van der Waals surface area contributed by atoms with E-state index in [2.05, 4.69) is 27.3 Å². The van der Waals surface area contributed by atoms with Crippen LogP contribution in [0.2, 0.25) is 0 Å². The second kappa shape index (κ2) is 6.15. The molecule has 1 fully saturated rings. The molecule has 0 bridgehead atoms. The van der Waals surface area contributed by atoms with Crippen molar-refractivity contribution in [2.45, 2.75) is 18.9 Å². The number of nitrogens with one attached hydrogen (secondary N) is 1. The molecule has 1 saturated heterocycles. The van der Waals surface area contributed by atoms with Crippen LogP contribution in [0.4, 0.5) is 11.5 Å². The largest absolute Gasteiger partial charge is 0.348 e. The number of fused-ring (bicyclic) bond motifs is 1. The van der Waals surface area contributed by atoms with E-state index < -0.39 is 9.84 Å². The molecule has 3 heterocycles. The van der Waals surface area contributed by atoms with Crippen LogP contribution in [0.25, 0.3) is 0 Å². The van der Waals surface area contributed by atoms with E-state index in [9.17, 15) is 13.2 Å². The van der Waals surface area contributed by atoms with Gasteiger partial charge in [0, 0.05) is 30.0 Å². The molecule has 0 aliphatic carbocycles. The third kappa shape index (κ3) is 3.24. The standard InChI is InChI=1S/C18H19N3O3S/c22-18(20-15-7-10-25(23,24)12-15)14-5-8-19-17(11-14)21-9-6-13-3-1-2-4-16(13)21/h1-5,8,11,15H,6-7,9-10,12H2,(H,20,22). The zero-order valence-corrected chi connectivity index (χ0v) is 14.5. The number of amides is 1. The summed E-state index contributed by atoms with van der Waals surface area (Å²) in [5, 5.41) is 2.82. The average Bonchev–Trinajstić information content (AvgIpc) is 3.18. The van der Waals surface area contributed by atoms with Crippen LogP contribution in [0.1, 0.15) is 22.3 Å². The Kier molecular flexibility index (Phi) is 3.95. The number of para-hydroxylation sites is 1. The van der Waals surface area contributed by atoms with E-state index in [1.54, 1.807) is 18.3 Å². The van der Waals surface area contributed by atoms with Crippen LogP contribution >= 0.6 is 0 Å². The smallest absolute Gasteiger partial charge is 0.251 e. The molecule has 1 aromatic carbocycles. The number of sulfone groups is 1. The van der Waals surface area contributed by atoms with Gasteiger partial charge in [0.25, 0.3) is 5.91 Å². The first kappa shape index (κ1) is 16.1. The van der Waals surface area contributed by atoms with Crippen molar-refractivity contribution < 1.29 is 13.2 Å². The fourth-order valence-corrected chi connectivity index (χ4v) is 5.13. The molecule has 2 aliphatic heterocycles. The molecule has 25 heavy (non-hydrogen) atoms. The molecule has 4 rings (SSSR count). The SMILES string of the molecule is O=C(NC1CCS(=O)(=O)C1)c1ccnc(N2CCc3ccccc32)c1. The minimum Gasteiger partial charge on any atom is -0.348 e. The van der Waals surface area contributed by atoms with Crippen LogP contribution in [0.5, 0.6) is 0 Å². The summed E-state index contributed by atoms with van der Waals surface area (Å²) in [5.74, 6) is 0.648. The Hall–Kier alpha value is -2.41. The van der Waals surface area contributed by atoms with Gasteiger partial charge in [-0.1, -0.05) is 18.2 Å². The van der Waals surface area contributed by atoms with Crippen molar-refractivity contribution in [1.82, 2.24) is 10.3 Å². The van der Waals surface area contributed by atoms with Crippen molar-refractivity contribution in [3.63, 3.8) is 0 Å². The quantitative estimate of drug-likeness (QED) is 0.904. The van der Waals surface area contributed by atoms with E-state index in [4.69, 9.17) is 0 Å². The third-order valence-electron chi connectivity index (χ3n) is 4.74. The lowest BCUT2D eigenvalue weighted by atomic mass is 10.2. The second-order valence-corrected chi connectivity index (χ2v) is 8.74. The van der Waals surface area contributed by atoms with Crippen molar-refractivity contribution in [3.05, 3.63) is 53.7 Å². The lowest BCUT2D eigenvalue weighted by molar-refractivity contribution is 0.0941. The minimum atomic E-state index is -3.01. The van der Waals surface area contributed by atoms with E-state index in [0.717, 1.165) is 24.5 Å². The summed E-state index contributed by atoms with van der Waals surface area (Å²) >= 11 is 0. The first-order valence-corrected chi connectivity index (χ1v) is 10.2. The molecule has 7 heteroatoms. The molecule has 1 N–H and O–H groups in total. The number of hydrogen-bond acceptors (Lipinski definition) is 5. The van der Waals surface area contributed by atoms with Gasteiger partial charge in [-0.25, -0.2) is 13.4 Å². The molecule has 0 radical (unpaired) electrons. The molecule has 6 nitrogen and oxygen atoms in total. The summed E-state index contributed by atoms with van der Waals surface area (Å²) in [4.78, 5) is 19.0. The number of carbonyl (C=O) groups excluding carboxylic acids is 1. The molecule has 0 saturated carbocycles. The fourth-order valence-electron chi connectivity index (χ4n) is 3.46. The highest BCUT2D eigenvalue weighted by atomic mass is 32.2. The van der Waals surface area contributed by atoms with Crippen molar-refractivity contribution >= 4 is 27.2 Å². The number of nitrogens with zero attached hydrogens (tertiary/aromatic N) is 2. The van der Waals surface area contributed by atoms with E-state index in [0.29, 0.717) is 12.0 Å². The Labute approximate surface area is 146 Å². The van der Waals surface area contributed by atoms with Gasteiger partial charge in [0.2, 0.25) is 0 Å². The number of rotatable bonds is 3. The lowest BCUT2D eigenvalue weighted by Crippen LogP contribution is -2.35. The van der Waals surface area contributed by atoms with Crippen LogP contribution in [0.15, 0.2) is 42.6 Å². The summed E-state index contributed by atoms with van der Waals surface area (Å²) < 4.78 is 23.1. The summed E-state index contributed by atoms with van der Waals surface area (Å²) in [5.41, 5.74) is 2.89. The summed E-state index contributed by atoms with van der Waals surface area (Å²) in [6.07, 6.45) is 3.05. The number of aromatic nitrogens is 1. The first-order chi connectivity index (χ1) is 12.0. The van der Waals surface area contributed by atoms with Gasteiger partial charge >= 0.3 is 0 Å². The Balaban J connectivity index is 1.53. The van der Waals surface area contributed by atoms with Gasteiger partial charge in [-0.2, -0.15) is 0 Å². The molecule has 0 spiro atoms. The van der Waals surface area contributed by atoms with Crippen LogP contribution < -0.4 is 10.2 Å². The van der Waals surface area contributed by atoms with Gasteiger partial charge in [0.1, 0.15) is 5.82 Å². The lowest BCUT2D eigenvalue weighted by Gasteiger charge is -2.19. The minimum absolute atomic E-state index is 0.0240. The highest BCUT2D eigenvalue weighted by molar-refractivity contribution is 7.91. The summed E-state index contributed by atoms with van der Waals surface area (Å²) in [6, 6.07) is 11.3. The number of benzene rings is 1. The maximum absolute atomic E-state index is 12.5. The zero-order valence-electron chi connectivity index (χ0n) is 13.7. The molecule has 1 unspecified atom stereocenters. The molecule has 2 aliphatic rings. The van der Waals surface area contributed by atoms with Crippen LogP contribution in [-0.4, -0.2) is 43.4 Å². The first-order valence-electron chi connectivity index (χ1n) is 8.35. The topological polar surface area (TPSA) is 79.4 Å². The number of hydrogen-bond donors (Lipinski definition) is 1. The van der Waals surface area contributed by atoms with E-state index >= 15 is 0 Å². The number of carbonyl (C=O) groups is 1. The monoisotopic (exact) mass is 357 g/mol. The Bertz CT molecular complexity index is 927. The zero-order chi connectivity index (χ0) is 17.4. The van der Waals surface area contributed by atoms with Crippen molar-refractivity contribution in [2.75, 3.05) is 23.0 Å². The van der Waals surface area contributed by atoms with Gasteiger partial charge in [0.15, 0.2) is 9.84 Å². The normalized spacial score (nSPS) is 21.1. The van der Waals surface area contributed by atoms with Gasteiger partial charge in [0.05, 0.1) is 11.5 Å². The molecule has 130 valence electrons. The van der Waals surface area contributed by atoms with E-state index in [-0.39, 0.29) is 23.5 Å². The Morgan fingerprint density at radius 2 is 2.08 bits per heavy atom.